The quantitative estimate of drug-likeness (QED) is 0.884. The standard InChI is InChI=1S/C13H14BrN3O2S/c1-9-3-4-10(14)7-12(9)17-20(18,19)11-5-6-16-13(8-11)15-2/h3-8,17H,1-2H3,(H,15,16). The van der Waals surface area contributed by atoms with Crippen LogP contribution in [0.25, 0.3) is 0 Å². The highest BCUT2D eigenvalue weighted by molar-refractivity contribution is 9.10. The summed E-state index contributed by atoms with van der Waals surface area (Å²) in [6.45, 7) is 1.84. The molecule has 0 fully saturated rings. The molecule has 2 N–H and O–H groups in total. The van der Waals surface area contributed by atoms with Crippen molar-refractivity contribution < 1.29 is 8.42 Å². The van der Waals surface area contributed by atoms with Gasteiger partial charge in [0.25, 0.3) is 10.0 Å². The first-order chi connectivity index (χ1) is 9.42. The van der Waals surface area contributed by atoms with Gasteiger partial charge in [-0.1, -0.05) is 22.0 Å². The first-order valence-electron chi connectivity index (χ1n) is 5.85. The van der Waals surface area contributed by atoms with Gasteiger partial charge in [-0.15, -0.1) is 0 Å². The second-order valence-electron chi connectivity index (χ2n) is 4.19. The number of nitrogens with one attached hydrogen (secondary N) is 2. The molecule has 0 aliphatic heterocycles. The van der Waals surface area contributed by atoms with Crippen LogP contribution in [0.15, 0.2) is 45.9 Å². The molecular formula is C13H14BrN3O2S. The molecule has 1 aromatic carbocycles. The Labute approximate surface area is 126 Å². The zero-order valence-corrected chi connectivity index (χ0v) is 13.4. The number of aryl methyl sites for hydroxylation is 1. The van der Waals surface area contributed by atoms with Gasteiger partial charge in [0.1, 0.15) is 5.82 Å². The van der Waals surface area contributed by atoms with E-state index in [1.54, 1.807) is 13.1 Å². The van der Waals surface area contributed by atoms with Crippen LogP contribution in [0, 0.1) is 6.92 Å². The van der Waals surface area contributed by atoms with Gasteiger partial charge in [0.05, 0.1) is 10.6 Å². The summed E-state index contributed by atoms with van der Waals surface area (Å²) in [6.07, 6.45) is 1.45. The van der Waals surface area contributed by atoms with Crippen molar-refractivity contribution in [3.8, 4) is 0 Å². The third-order valence-corrected chi connectivity index (χ3v) is 4.60. The molecule has 0 spiro atoms. The molecule has 1 aromatic heterocycles. The number of halogens is 1. The summed E-state index contributed by atoms with van der Waals surface area (Å²) < 4.78 is 28.1. The third kappa shape index (κ3) is 3.29. The van der Waals surface area contributed by atoms with Crippen molar-refractivity contribution in [2.24, 2.45) is 0 Å². The Kier molecular flexibility index (Phi) is 4.29. The number of benzene rings is 1. The smallest absolute Gasteiger partial charge is 0.262 e. The van der Waals surface area contributed by atoms with Crippen molar-refractivity contribution >= 4 is 37.5 Å². The van der Waals surface area contributed by atoms with E-state index in [2.05, 4.69) is 31.0 Å². The summed E-state index contributed by atoms with van der Waals surface area (Å²) >= 11 is 3.33. The van der Waals surface area contributed by atoms with E-state index in [9.17, 15) is 8.42 Å². The predicted molar refractivity (Wildman–Crippen MR) is 83.5 cm³/mol. The van der Waals surface area contributed by atoms with E-state index in [0.717, 1.165) is 10.0 Å². The minimum absolute atomic E-state index is 0.163. The Morgan fingerprint density at radius 1 is 1.20 bits per heavy atom. The number of pyridine rings is 1. The Balaban J connectivity index is 2.38. The van der Waals surface area contributed by atoms with Crippen molar-refractivity contribution in [3.05, 3.63) is 46.6 Å². The van der Waals surface area contributed by atoms with Gasteiger partial charge in [-0.3, -0.25) is 4.72 Å². The largest absolute Gasteiger partial charge is 0.373 e. The summed E-state index contributed by atoms with van der Waals surface area (Å²) in [5, 5.41) is 2.81. The highest BCUT2D eigenvalue weighted by atomic mass is 79.9. The molecule has 2 rings (SSSR count). The van der Waals surface area contributed by atoms with Crippen molar-refractivity contribution in [2.75, 3.05) is 17.1 Å². The summed E-state index contributed by atoms with van der Waals surface area (Å²) in [7, 11) is -1.95. The molecule has 0 aliphatic carbocycles. The number of hydrogen-bond acceptors (Lipinski definition) is 4. The number of nitrogens with zero attached hydrogens (tertiary/aromatic N) is 1. The molecule has 0 saturated heterocycles. The summed E-state index contributed by atoms with van der Waals surface area (Å²) in [4.78, 5) is 4.16. The zero-order valence-electron chi connectivity index (χ0n) is 11.0. The first kappa shape index (κ1) is 14.8. The van der Waals surface area contributed by atoms with E-state index in [4.69, 9.17) is 0 Å². The second-order valence-corrected chi connectivity index (χ2v) is 6.79. The fraction of sp³-hybridized carbons (Fsp3) is 0.154. The lowest BCUT2D eigenvalue weighted by atomic mass is 10.2. The Morgan fingerprint density at radius 2 is 1.95 bits per heavy atom. The number of anilines is 2. The van der Waals surface area contributed by atoms with Crippen molar-refractivity contribution in [1.29, 1.82) is 0 Å². The van der Waals surface area contributed by atoms with Gasteiger partial charge in [-0.25, -0.2) is 13.4 Å². The van der Waals surface area contributed by atoms with Gasteiger partial charge >= 0.3 is 0 Å². The SMILES string of the molecule is CNc1cc(S(=O)(=O)Nc2cc(Br)ccc2C)ccn1. The summed E-state index contributed by atoms with van der Waals surface area (Å²) in [5.74, 6) is 0.499. The molecule has 0 amide bonds. The molecule has 20 heavy (non-hydrogen) atoms. The average molecular weight is 356 g/mol. The lowest BCUT2D eigenvalue weighted by Gasteiger charge is -2.11. The first-order valence-corrected chi connectivity index (χ1v) is 8.13. The normalized spacial score (nSPS) is 11.2. The third-order valence-electron chi connectivity index (χ3n) is 2.74. The maximum absolute atomic E-state index is 12.4. The molecule has 0 bridgehead atoms. The van der Waals surface area contributed by atoms with Crippen LogP contribution in [-0.4, -0.2) is 20.4 Å². The number of sulfonamides is 1. The lowest BCUT2D eigenvalue weighted by molar-refractivity contribution is 0.601. The maximum Gasteiger partial charge on any atom is 0.262 e. The number of aromatic nitrogens is 1. The van der Waals surface area contributed by atoms with Crippen LogP contribution in [0.1, 0.15) is 5.56 Å². The van der Waals surface area contributed by atoms with E-state index < -0.39 is 10.0 Å². The van der Waals surface area contributed by atoms with Crippen molar-refractivity contribution in [1.82, 2.24) is 4.98 Å². The summed E-state index contributed by atoms with van der Waals surface area (Å²) in [6, 6.07) is 8.37. The summed E-state index contributed by atoms with van der Waals surface area (Å²) in [5.41, 5.74) is 1.39. The Morgan fingerprint density at radius 3 is 2.65 bits per heavy atom. The Hall–Kier alpha value is -1.60. The van der Waals surface area contributed by atoms with E-state index >= 15 is 0 Å². The minimum Gasteiger partial charge on any atom is -0.373 e. The average Bonchev–Trinajstić information content (AvgIpc) is 2.43. The van der Waals surface area contributed by atoms with Crippen LogP contribution >= 0.6 is 15.9 Å². The van der Waals surface area contributed by atoms with Gasteiger partial charge in [0.15, 0.2) is 0 Å². The van der Waals surface area contributed by atoms with Gasteiger partial charge in [0.2, 0.25) is 0 Å². The highest BCUT2D eigenvalue weighted by Gasteiger charge is 2.16. The Bertz CT molecular complexity index is 732. The van der Waals surface area contributed by atoms with Crippen LogP contribution in [0.4, 0.5) is 11.5 Å². The van der Waals surface area contributed by atoms with Crippen molar-refractivity contribution in [2.45, 2.75) is 11.8 Å². The fourth-order valence-electron chi connectivity index (χ4n) is 1.62. The molecule has 2 aromatic rings. The molecule has 0 unspecified atom stereocenters. The fourth-order valence-corrected chi connectivity index (χ4v) is 3.12. The molecule has 106 valence electrons. The second kappa shape index (κ2) is 5.80. The molecule has 7 heteroatoms. The van der Waals surface area contributed by atoms with Gasteiger partial charge in [0, 0.05) is 23.8 Å². The predicted octanol–water partition coefficient (Wildman–Crippen LogP) is 3.00. The van der Waals surface area contributed by atoms with Crippen molar-refractivity contribution in [3.63, 3.8) is 0 Å². The highest BCUT2D eigenvalue weighted by Crippen LogP contribution is 2.24. The van der Waals surface area contributed by atoms with Crippen LogP contribution in [-0.2, 0) is 10.0 Å². The van der Waals surface area contributed by atoms with Crippen LogP contribution in [0.2, 0.25) is 0 Å². The lowest BCUT2D eigenvalue weighted by Crippen LogP contribution is -2.14. The maximum atomic E-state index is 12.4. The minimum atomic E-state index is -3.64. The topological polar surface area (TPSA) is 71.1 Å². The molecular weight excluding hydrogens is 342 g/mol. The van der Waals surface area contributed by atoms with Crippen LogP contribution < -0.4 is 10.0 Å². The van der Waals surface area contributed by atoms with Gasteiger partial charge in [-0.2, -0.15) is 0 Å². The molecule has 5 nitrogen and oxygen atoms in total. The van der Waals surface area contributed by atoms with E-state index in [1.807, 2.05) is 19.1 Å². The van der Waals surface area contributed by atoms with Gasteiger partial charge < -0.3 is 5.32 Å². The molecule has 0 aliphatic rings. The van der Waals surface area contributed by atoms with E-state index in [-0.39, 0.29) is 4.90 Å². The van der Waals surface area contributed by atoms with E-state index in [0.29, 0.717) is 11.5 Å². The molecule has 0 radical (unpaired) electrons. The number of hydrogen-bond donors (Lipinski definition) is 2. The monoisotopic (exact) mass is 355 g/mol. The zero-order chi connectivity index (χ0) is 14.8. The molecule has 1 heterocycles. The van der Waals surface area contributed by atoms with E-state index in [1.165, 1.54) is 18.3 Å². The molecule has 0 saturated carbocycles. The van der Waals surface area contributed by atoms with Gasteiger partial charge in [-0.05, 0) is 30.7 Å². The number of rotatable bonds is 4. The molecule has 0 atom stereocenters. The van der Waals surface area contributed by atoms with Crippen LogP contribution in [0.5, 0.6) is 0 Å². The van der Waals surface area contributed by atoms with Crippen LogP contribution in [0.3, 0.4) is 0 Å².